The average Bonchev–Trinajstić information content (AvgIpc) is 3.07. The second kappa shape index (κ2) is 33.4. The summed E-state index contributed by atoms with van der Waals surface area (Å²) in [7, 11) is 0. The molecule has 6 nitrogen and oxygen atoms in total. The summed E-state index contributed by atoms with van der Waals surface area (Å²) in [6, 6.07) is 0. The van der Waals surface area contributed by atoms with Crippen molar-refractivity contribution in [1.29, 1.82) is 0 Å². The first-order valence-corrected chi connectivity index (χ1v) is 20.3. The predicted molar refractivity (Wildman–Crippen MR) is 197 cm³/mol. The number of esters is 2. The van der Waals surface area contributed by atoms with Crippen molar-refractivity contribution in [2.75, 3.05) is 26.4 Å². The number of carbonyl (C=O) groups is 2. The topological polar surface area (TPSA) is 93.1 Å². The number of hydrogen-bond acceptors (Lipinski definition) is 6. The van der Waals surface area contributed by atoms with Gasteiger partial charge in [0, 0.05) is 12.8 Å². The maximum absolute atomic E-state index is 12.3. The molecule has 2 atom stereocenters. The van der Waals surface area contributed by atoms with Crippen molar-refractivity contribution in [2.24, 2.45) is 17.3 Å². The molecule has 2 unspecified atom stereocenters. The summed E-state index contributed by atoms with van der Waals surface area (Å²) in [5, 5.41) is 19.8. The van der Waals surface area contributed by atoms with E-state index in [0.717, 1.165) is 50.4 Å². The lowest BCUT2D eigenvalue weighted by Gasteiger charge is -2.28. The molecule has 0 bridgehead atoms. The van der Waals surface area contributed by atoms with E-state index in [1.807, 2.05) is 0 Å². The molecular formula is C41H80O6. The Kier molecular flexibility index (Phi) is 32.6. The molecule has 0 aliphatic carbocycles. The maximum atomic E-state index is 12.3. The van der Waals surface area contributed by atoms with Crippen molar-refractivity contribution in [3.05, 3.63) is 0 Å². The van der Waals surface area contributed by atoms with E-state index in [0.29, 0.717) is 12.8 Å². The lowest BCUT2D eigenvalue weighted by atomic mass is 9.92. The normalized spacial score (nSPS) is 13.1. The van der Waals surface area contributed by atoms with Crippen LogP contribution in [-0.4, -0.2) is 48.6 Å². The van der Waals surface area contributed by atoms with Gasteiger partial charge in [-0.15, -0.1) is 0 Å². The van der Waals surface area contributed by atoms with Gasteiger partial charge in [-0.25, -0.2) is 0 Å². The van der Waals surface area contributed by atoms with Crippen LogP contribution in [0.2, 0.25) is 0 Å². The van der Waals surface area contributed by atoms with Crippen molar-refractivity contribution >= 4 is 11.9 Å². The molecule has 0 radical (unpaired) electrons. The second-order valence-corrected chi connectivity index (χ2v) is 15.1. The molecule has 2 N–H and O–H groups in total. The van der Waals surface area contributed by atoms with E-state index in [1.165, 1.54) is 128 Å². The molecule has 0 aliphatic rings. The monoisotopic (exact) mass is 669 g/mol. The molecule has 6 heteroatoms. The maximum Gasteiger partial charge on any atom is 0.305 e. The summed E-state index contributed by atoms with van der Waals surface area (Å²) >= 11 is 0. The van der Waals surface area contributed by atoms with Crippen molar-refractivity contribution < 1.29 is 29.3 Å². The third kappa shape index (κ3) is 29.5. The van der Waals surface area contributed by atoms with E-state index in [9.17, 15) is 19.8 Å². The number of carbonyl (C=O) groups excluding carboxylic acids is 2. The Morgan fingerprint density at radius 2 is 0.745 bits per heavy atom. The van der Waals surface area contributed by atoms with Gasteiger partial charge in [-0.05, 0) is 24.7 Å². The zero-order valence-electron chi connectivity index (χ0n) is 31.8. The lowest BCUT2D eigenvalue weighted by Crippen LogP contribution is -2.41. The number of aliphatic hydroxyl groups excluding tert-OH is 2. The van der Waals surface area contributed by atoms with Gasteiger partial charge in [0.1, 0.15) is 13.2 Å². The zero-order valence-corrected chi connectivity index (χ0v) is 31.8. The first-order chi connectivity index (χ1) is 22.8. The summed E-state index contributed by atoms with van der Waals surface area (Å²) in [5.74, 6) is 0.961. The van der Waals surface area contributed by atoms with E-state index >= 15 is 0 Å². The molecule has 280 valence electrons. The molecule has 0 aliphatic heterocycles. The quantitative estimate of drug-likeness (QED) is 0.0510. The number of aliphatic hydroxyl groups is 2. The Balaban J connectivity index is 3.87. The van der Waals surface area contributed by atoms with Gasteiger partial charge in [0.25, 0.3) is 0 Å². The Labute approximate surface area is 291 Å². The van der Waals surface area contributed by atoms with E-state index in [-0.39, 0.29) is 25.2 Å². The van der Waals surface area contributed by atoms with Crippen LogP contribution in [0.25, 0.3) is 0 Å². The van der Waals surface area contributed by atoms with Crippen LogP contribution < -0.4 is 0 Å². The smallest absolute Gasteiger partial charge is 0.305 e. The van der Waals surface area contributed by atoms with Gasteiger partial charge in [-0.1, -0.05) is 182 Å². The fraction of sp³-hybridized carbons (Fsp3) is 0.951. The minimum Gasteiger partial charge on any atom is -0.465 e. The number of hydrogen-bond donors (Lipinski definition) is 2. The minimum atomic E-state index is -1.16. The summed E-state index contributed by atoms with van der Waals surface area (Å²) in [5.41, 5.74) is -1.16. The number of unbranched alkanes of at least 4 members (excludes halogenated alkanes) is 18. The van der Waals surface area contributed by atoms with Crippen molar-refractivity contribution in [2.45, 2.75) is 207 Å². The predicted octanol–water partition coefficient (Wildman–Crippen LogP) is 11.3. The molecule has 47 heavy (non-hydrogen) atoms. The van der Waals surface area contributed by atoms with Crippen LogP contribution in [0.3, 0.4) is 0 Å². The molecule has 0 aromatic carbocycles. The highest BCUT2D eigenvalue weighted by molar-refractivity contribution is 5.69. The zero-order chi connectivity index (χ0) is 34.9. The molecule has 0 aromatic heterocycles. The second-order valence-electron chi connectivity index (χ2n) is 15.1. The third-order valence-corrected chi connectivity index (χ3v) is 10.0. The van der Waals surface area contributed by atoms with Gasteiger partial charge in [-0.3, -0.25) is 9.59 Å². The molecule has 0 saturated carbocycles. The fourth-order valence-corrected chi connectivity index (χ4v) is 6.31. The summed E-state index contributed by atoms with van der Waals surface area (Å²) in [4.78, 5) is 24.6. The Hall–Kier alpha value is -1.14. The van der Waals surface area contributed by atoms with E-state index in [4.69, 9.17) is 9.47 Å². The van der Waals surface area contributed by atoms with Gasteiger partial charge in [0.2, 0.25) is 0 Å². The van der Waals surface area contributed by atoms with Crippen LogP contribution in [0.4, 0.5) is 0 Å². The van der Waals surface area contributed by atoms with Crippen LogP contribution >= 0.6 is 0 Å². The molecular weight excluding hydrogens is 588 g/mol. The van der Waals surface area contributed by atoms with Gasteiger partial charge in [-0.2, -0.15) is 0 Å². The average molecular weight is 669 g/mol. The highest BCUT2D eigenvalue weighted by Crippen LogP contribution is 2.21. The third-order valence-electron chi connectivity index (χ3n) is 10.0. The number of ether oxygens (including phenoxy) is 2. The first-order valence-electron chi connectivity index (χ1n) is 20.3. The fourth-order valence-electron chi connectivity index (χ4n) is 6.31. The van der Waals surface area contributed by atoms with Gasteiger partial charge >= 0.3 is 11.9 Å². The van der Waals surface area contributed by atoms with Crippen molar-refractivity contribution in [3.63, 3.8) is 0 Å². The van der Waals surface area contributed by atoms with Crippen LogP contribution in [0.5, 0.6) is 0 Å². The summed E-state index contributed by atoms with van der Waals surface area (Å²) < 4.78 is 10.8. The summed E-state index contributed by atoms with van der Waals surface area (Å²) in [6.07, 6.45) is 33.1. The van der Waals surface area contributed by atoms with Gasteiger partial charge in [0.05, 0.1) is 18.6 Å². The highest BCUT2D eigenvalue weighted by Gasteiger charge is 2.33. The van der Waals surface area contributed by atoms with Crippen molar-refractivity contribution in [3.8, 4) is 0 Å². The Morgan fingerprint density at radius 1 is 0.468 bits per heavy atom. The first kappa shape index (κ1) is 45.9. The van der Waals surface area contributed by atoms with E-state index in [1.54, 1.807) is 0 Å². The molecule has 0 saturated heterocycles. The standard InChI is InChI=1S/C41H80O6/c1-5-7-9-11-15-21-27-37(3)29-23-17-13-19-25-31-39(44)46-35-41(33-42,34-43)36-47-40(45)32-26-20-14-18-24-30-38(4)28-22-16-12-10-8-6-2/h37-38,42-43H,5-36H2,1-4H3. The van der Waals surface area contributed by atoms with E-state index < -0.39 is 18.6 Å². The van der Waals surface area contributed by atoms with Gasteiger partial charge in [0.15, 0.2) is 0 Å². The SMILES string of the molecule is CCCCCCCCC(C)CCCCCCCC(=O)OCC(CO)(CO)COC(=O)CCCCCCCC(C)CCCCCCCC. The van der Waals surface area contributed by atoms with E-state index in [2.05, 4.69) is 27.7 Å². The Morgan fingerprint density at radius 3 is 1.04 bits per heavy atom. The van der Waals surface area contributed by atoms with Crippen molar-refractivity contribution in [1.82, 2.24) is 0 Å². The summed E-state index contributed by atoms with van der Waals surface area (Å²) in [6.45, 7) is 8.14. The molecule has 0 spiro atoms. The molecule has 0 amide bonds. The molecule has 0 fully saturated rings. The van der Waals surface area contributed by atoms with Crippen LogP contribution in [0, 0.1) is 17.3 Å². The van der Waals surface area contributed by atoms with Crippen LogP contribution in [0.1, 0.15) is 207 Å². The largest absolute Gasteiger partial charge is 0.465 e. The van der Waals surface area contributed by atoms with Gasteiger partial charge < -0.3 is 19.7 Å². The molecule has 0 aromatic rings. The van der Waals surface area contributed by atoms with Crippen LogP contribution in [0.15, 0.2) is 0 Å². The minimum absolute atomic E-state index is 0.153. The van der Waals surface area contributed by atoms with Crippen LogP contribution in [-0.2, 0) is 19.1 Å². The molecule has 0 heterocycles. The Bertz CT molecular complexity index is 637. The molecule has 0 rings (SSSR count). The highest BCUT2D eigenvalue weighted by atomic mass is 16.5. The number of rotatable bonds is 36. The lowest BCUT2D eigenvalue weighted by molar-refractivity contribution is -0.159.